The van der Waals surface area contributed by atoms with E-state index in [1.165, 1.54) is 18.1 Å². The zero-order valence-electron chi connectivity index (χ0n) is 18.3. The smallest absolute Gasteiger partial charge is 0.416 e. The van der Waals surface area contributed by atoms with Crippen LogP contribution in [0.1, 0.15) is 41.3 Å². The Bertz CT molecular complexity index is 958. The molecular weight excluding hydrogens is 421 g/mol. The summed E-state index contributed by atoms with van der Waals surface area (Å²) in [4.78, 5) is 27.5. The average Bonchev–Trinajstić information content (AvgIpc) is 3.22. The van der Waals surface area contributed by atoms with Gasteiger partial charge in [0.05, 0.1) is 18.6 Å². The van der Waals surface area contributed by atoms with E-state index >= 15 is 0 Å². The number of alkyl halides is 3. The van der Waals surface area contributed by atoms with Gasteiger partial charge in [0.2, 0.25) is 5.91 Å². The van der Waals surface area contributed by atoms with Gasteiger partial charge in [-0.1, -0.05) is 32.0 Å². The van der Waals surface area contributed by atoms with Crippen molar-refractivity contribution in [1.82, 2.24) is 10.2 Å². The van der Waals surface area contributed by atoms with Crippen molar-refractivity contribution < 1.29 is 27.5 Å². The minimum atomic E-state index is -4.48. The summed E-state index contributed by atoms with van der Waals surface area (Å²) < 4.78 is 44.9. The Balaban J connectivity index is 1.88. The van der Waals surface area contributed by atoms with Gasteiger partial charge in [0.25, 0.3) is 5.91 Å². The number of ether oxygens (including phenoxy) is 1. The number of amides is 2. The van der Waals surface area contributed by atoms with Gasteiger partial charge in [-0.2, -0.15) is 13.2 Å². The molecule has 0 spiro atoms. The number of hydrogen-bond donors (Lipinski definition) is 1. The maximum atomic E-state index is 13.3. The lowest BCUT2D eigenvalue weighted by Crippen LogP contribution is -2.37. The molecule has 2 amide bonds. The highest BCUT2D eigenvalue weighted by atomic mass is 19.4. The van der Waals surface area contributed by atoms with Crippen LogP contribution in [-0.4, -0.2) is 43.5 Å². The molecule has 5 nitrogen and oxygen atoms in total. The summed E-state index contributed by atoms with van der Waals surface area (Å²) >= 11 is 0. The number of hydrogen-bond acceptors (Lipinski definition) is 3. The van der Waals surface area contributed by atoms with E-state index in [2.05, 4.69) is 5.32 Å². The van der Waals surface area contributed by atoms with Crippen LogP contribution in [0.4, 0.5) is 13.2 Å². The zero-order valence-corrected chi connectivity index (χ0v) is 18.3. The standard InChI is InChI=1S/C24H27F3N2O3/c1-15(2)12-28-22(30)21-14-29(23(31)16-7-9-19(32-3)10-8-16)13-20(21)17-5-4-6-18(11-17)24(25,26)27/h4-11,15,20-21H,12-14H2,1-3H3,(H,28,30)/t20-,21+/m0/s1. The SMILES string of the molecule is COc1ccc(C(=O)N2C[C@@H](C(=O)NCC(C)C)[C@H](c3cccc(C(F)(F)F)c3)C2)cc1. The molecule has 2 aromatic carbocycles. The Kier molecular flexibility index (Phi) is 7.11. The summed E-state index contributed by atoms with van der Waals surface area (Å²) in [5, 5.41) is 2.87. The number of carbonyl (C=O) groups is 2. The van der Waals surface area contributed by atoms with Crippen LogP contribution in [0.5, 0.6) is 5.75 Å². The van der Waals surface area contributed by atoms with E-state index in [1.807, 2.05) is 13.8 Å². The summed E-state index contributed by atoms with van der Waals surface area (Å²) in [6, 6.07) is 11.6. The van der Waals surface area contributed by atoms with Gasteiger partial charge < -0.3 is 15.0 Å². The molecule has 0 bridgehead atoms. The van der Waals surface area contributed by atoms with Gasteiger partial charge in [-0.15, -0.1) is 0 Å². The van der Waals surface area contributed by atoms with Crippen molar-refractivity contribution in [2.75, 3.05) is 26.7 Å². The highest BCUT2D eigenvalue weighted by Crippen LogP contribution is 2.37. The lowest BCUT2D eigenvalue weighted by Gasteiger charge is -2.20. The third-order valence-corrected chi connectivity index (χ3v) is 5.61. The molecule has 8 heteroatoms. The Morgan fingerprint density at radius 2 is 1.81 bits per heavy atom. The van der Waals surface area contributed by atoms with Crippen molar-refractivity contribution in [1.29, 1.82) is 0 Å². The van der Waals surface area contributed by atoms with Crippen molar-refractivity contribution in [3.8, 4) is 5.75 Å². The van der Waals surface area contributed by atoms with E-state index in [1.54, 1.807) is 30.3 Å². The minimum absolute atomic E-state index is 0.135. The van der Waals surface area contributed by atoms with E-state index in [4.69, 9.17) is 4.74 Å². The molecule has 0 aromatic heterocycles. The van der Waals surface area contributed by atoms with Crippen LogP contribution in [0, 0.1) is 11.8 Å². The first-order valence-electron chi connectivity index (χ1n) is 10.5. The Morgan fingerprint density at radius 3 is 2.41 bits per heavy atom. The van der Waals surface area contributed by atoms with E-state index < -0.39 is 23.6 Å². The van der Waals surface area contributed by atoms with Crippen LogP contribution in [-0.2, 0) is 11.0 Å². The van der Waals surface area contributed by atoms with Crippen molar-refractivity contribution in [3.63, 3.8) is 0 Å². The van der Waals surface area contributed by atoms with E-state index in [-0.39, 0.29) is 30.8 Å². The average molecular weight is 448 g/mol. The summed E-state index contributed by atoms with van der Waals surface area (Å²) in [6.07, 6.45) is -4.48. The summed E-state index contributed by atoms with van der Waals surface area (Å²) in [5.74, 6) is -0.874. The maximum Gasteiger partial charge on any atom is 0.416 e. The molecular formula is C24H27F3N2O3. The topological polar surface area (TPSA) is 58.6 Å². The molecule has 1 aliphatic heterocycles. The molecule has 3 rings (SSSR count). The van der Waals surface area contributed by atoms with Crippen molar-refractivity contribution in [2.45, 2.75) is 25.9 Å². The predicted molar refractivity (Wildman–Crippen MR) is 114 cm³/mol. The molecule has 1 heterocycles. The van der Waals surface area contributed by atoms with Crippen molar-refractivity contribution in [2.24, 2.45) is 11.8 Å². The first-order chi connectivity index (χ1) is 15.1. The Hall–Kier alpha value is -3.03. The van der Waals surface area contributed by atoms with Gasteiger partial charge in [0, 0.05) is 31.1 Å². The van der Waals surface area contributed by atoms with Crippen molar-refractivity contribution >= 4 is 11.8 Å². The summed E-state index contributed by atoms with van der Waals surface area (Å²) in [5.41, 5.74) is 0.0580. The number of nitrogens with zero attached hydrogens (tertiary/aromatic N) is 1. The van der Waals surface area contributed by atoms with Gasteiger partial charge in [-0.25, -0.2) is 0 Å². The molecule has 0 aliphatic carbocycles. The lowest BCUT2D eigenvalue weighted by molar-refractivity contribution is -0.137. The van der Waals surface area contributed by atoms with Crippen LogP contribution in [0.15, 0.2) is 48.5 Å². The molecule has 0 unspecified atom stereocenters. The third kappa shape index (κ3) is 5.41. The van der Waals surface area contributed by atoms with E-state index in [0.29, 0.717) is 23.4 Å². The maximum absolute atomic E-state index is 13.3. The molecule has 0 saturated carbocycles. The largest absolute Gasteiger partial charge is 0.497 e. The Labute approximate surface area is 185 Å². The number of halogens is 3. The summed E-state index contributed by atoms with van der Waals surface area (Å²) in [7, 11) is 1.53. The fourth-order valence-corrected chi connectivity index (χ4v) is 3.87. The highest BCUT2D eigenvalue weighted by molar-refractivity contribution is 5.95. The van der Waals surface area contributed by atoms with Gasteiger partial charge in [-0.05, 0) is 41.8 Å². The van der Waals surface area contributed by atoms with Gasteiger partial charge >= 0.3 is 6.18 Å². The normalized spacial score (nSPS) is 18.7. The van der Waals surface area contributed by atoms with Crippen molar-refractivity contribution in [3.05, 3.63) is 65.2 Å². The quantitative estimate of drug-likeness (QED) is 0.715. The first kappa shape index (κ1) is 23.6. The monoisotopic (exact) mass is 448 g/mol. The second-order valence-corrected chi connectivity index (χ2v) is 8.41. The van der Waals surface area contributed by atoms with Crippen LogP contribution in [0.3, 0.4) is 0 Å². The number of rotatable bonds is 6. The predicted octanol–water partition coefficient (Wildman–Crippen LogP) is 4.34. The minimum Gasteiger partial charge on any atom is -0.497 e. The molecule has 172 valence electrons. The van der Waals surface area contributed by atoms with Crippen LogP contribution in [0.25, 0.3) is 0 Å². The number of nitrogens with one attached hydrogen (secondary N) is 1. The first-order valence-corrected chi connectivity index (χ1v) is 10.5. The van der Waals surface area contributed by atoms with E-state index in [9.17, 15) is 22.8 Å². The molecule has 32 heavy (non-hydrogen) atoms. The second-order valence-electron chi connectivity index (χ2n) is 8.41. The van der Waals surface area contributed by atoms with Gasteiger partial charge in [0.1, 0.15) is 5.75 Å². The molecule has 2 aromatic rings. The van der Waals surface area contributed by atoms with E-state index in [0.717, 1.165) is 12.1 Å². The van der Waals surface area contributed by atoms with Crippen LogP contribution >= 0.6 is 0 Å². The number of methoxy groups -OCH3 is 1. The van der Waals surface area contributed by atoms with Gasteiger partial charge in [-0.3, -0.25) is 9.59 Å². The number of likely N-dealkylation sites (tertiary alicyclic amines) is 1. The van der Waals surface area contributed by atoms with Crippen LogP contribution in [0.2, 0.25) is 0 Å². The van der Waals surface area contributed by atoms with Crippen LogP contribution < -0.4 is 10.1 Å². The molecule has 1 N–H and O–H groups in total. The third-order valence-electron chi connectivity index (χ3n) is 5.61. The molecule has 1 fully saturated rings. The second kappa shape index (κ2) is 9.63. The fraction of sp³-hybridized carbons (Fsp3) is 0.417. The highest BCUT2D eigenvalue weighted by Gasteiger charge is 2.41. The zero-order chi connectivity index (χ0) is 23.5. The summed E-state index contributed by atoms with van der Waals surface area (Å²) in [6.45, 7) is 4.66. The molecule has 1 aliphatic rings. The fourth-order valence-electron chi connectivity index (χ4n) is 3.87. The molecule has 1 saturated heterocycles. The molecule has 2 atom stereocenters. The number of benzene rings is 2. The Morgan fingerprint density at radius 1 is 1.12 bits per heavy atom. The van der Waals surface area contributed by atoms with Gasteiger partial charge in [0.15, 0.2) is 0 Å². The lowest BCUT2D eigenvalue weighted by atomic mass is 9.87. The number of carbonyl (C=O) groups excluding carboxylic acids is 2. The molecule has 0 radical (unpaired) electrons.